The molecule has 3 rings (SSSR count). The van der Waals surface area contributed by atoms with Crippen LogP contribution in [0.2, 0.25) is 0 Å². The fourth-order valence-corrected chi connectivity index (χ4v) is 2.70. The number of pyridine rings is 1. The van der Waals surface area contributed by atoms with Crippen LogP contribution in [-0.4, -0.2) is 19.9 Å². The molecule has 2 aromatic heterocycles. The maximum atomic E-state index is 9.29. The van der Waals surface area contributed by atoms with Crippen LogP contribution < -0.4 is 0 Å². The van der Waals surface area contributed by atoms with E-state index < -0.39 is 0 Å². The fourth-order valence-electron chi connectivity index (χ4n) is 2.70. The van der Waals surface area contributed by atoms with Crippen molar-refractivity contribution >= 4 is 10.9 Å². The van der Waals surface area contributed by atoms with E-state index in [0.29, 0.717) is 0 Å². The van der Waals surface area contributed by atoms with Gasteiger partial charge in [0, 0.05) is 23.2 Å². The van der Waals surface area contributed by atoms with Gasteiger partial charge in [-0.05, 0) is 44.0 Å². The van der Waals surface area contributed by atoms with Crippen molar-refractivity contribution in [3.8, 4) is 11.3 Å². The van der Waals surface area contributed by atoms with E-state index in [1.165, 1.54) is 5.56 Å². The SMILES string of the molecule is CCn1ncc(-c2cc(C)c3ccc(CO)cc3n2)c1C. The zero-order valence-corrected chi connectivity index (χ0v) is 12.6. The van der Waals surface area contributed by atoms with Crippen LogP contribution in [0.15, 0.2) is 30.5 Å². The van der Waals surface area contributed by atoms with E-state index in [0.717, 1.165) is 40.0 Å². The summed E-state index contributed by atoms with van der Waals surface area (Å²) in [4.78, 5) is 4.76. The molecule has 0 aliphatic carbocycles. The molecule has 0 atom stereocenters. The first-order valence-electron chi connectivity index (χ1n) is 7.18. The Kier molecular flexibility index (Phi) is 3.47. The second-order valence-electron chi connectivity index (χ2n) is 5.29. The fraction of sp³-hybridized carbons (Fsp3) is 0.294. The van der Waals surface area contributed by atoms with Gasteiger partial charge in [0.15, 0.2) is 0 Å². The molecule has 0 bridgehead atoms. The minimum atomic E-state index is 0.0354. The number of aryl methyl sites for hydroxylation is 2. The number of benzene rings is 1. The first kappa shape index (κ1) is 13.8. The molecule has 4 heteroatoms. The zero-order valence-electron chi connectivity index (χ0n) is 12.6. The lowest BCUT2D eigenvalue weighted by Gasteiger charge is -2.08. The highest BCUT2D eigenvalue weighted by Gasteiger charge is 2.11. The van der Waals surface area contributed by atoms with Crippen LogP contribution in [-0.2, 0) is 13.2 Å². The lowest BCUT2D eigenvalue weighted by Crippen LogP contribution is -1.99. The van der Waals surface area contributed by atoms with Crippen molar-refractivity contribution in [3.05, 3.63) is 47.3 Å². The number of nitrogens with zero attached hydrogens (tertiary/aromatic N) is 3. The zero-order chi connectivity index (χ0) is 15.0. The average molecular weight is 281 g/mol. The molecular formula is C17H19N3O. The topological polar surface area (TPSA) is 50.9 Å². The van der Waals surface area contributed by atoms with Crippen LogP contribution >= 0.6 is 0 Å². The van der Waals surface area contributed by atoms with Crippen molar-refractivity contribution in [1.29, 1.82) is 0 Å². The van der Waals surface area contributed by atoms with Gasteiger partial charge in [0.25, 0.3) is 0 Å². The van der Waals surface area contributed by atoms with Gasteiger partial charge < -0.3 is 5.11 Å². The van der Waals surface area contributed by atoms with Gasteiger partial charge in [0.05, 0.1) is 24.0 Å². The third-order valence-corrected chi connectivity index (χ3v) is 3.94. The number of hydrogen-bond acceptors (Lipinski definition) is 3. The number of aliphatic hydroxyl groups is 1. The van der Waals surface area contributed by atoms with Gasteiger partial charge in [-0.3, -0.25) is 4.68 Å². The van der Waals surface area contributed by atoms with Crippen LogP contribution in [0.3, 0.4) is 0 Å². The Labute approximate surface area is 124 Å². The van der Waals surface area contributed by atoms with Crippen LogP contribution in [0.5, 0.6) is 0 Å². The summed E-state index contributed by atoms with van der Waals surface area (Å²) in [5.41, 5.74) is 6.11. The molecule has 2 heterocycles. The smallest absolute Gasteiger partial charge is 0.0746 e. The molecule has 0 fully saturated rings. The highest BCUT2D eigenvalue weighted by atomic mass is 16.3. The van der Waals surface area contributed by atoms with Crippen molar-refractivity contribution in [1.82, 2.24) is 14.8 Å². The van der Waals surface area contributed by atoms with Crippen molar-refractivity contribution in [2.24, 2.45) is 0 Å². The monoisotopic (exact) mass is 281 g/mol. The molecule has 3 aromatic rings. The van der Waals surface area contributed by atoms with Crippen molar-refractivity contribution in [2.75, 3.05) is 0 Å². The second kappa shape index (κ2) is 5.30. The maximum Gasteiger partial charge on any atom is 0.0746 e. The Hall–Kier alpha value is -2.20. The first-order chi connectivity index (χ1) is 10.1. The largest absolute Gasteiger partial charge is 0.392 e. The quantitative estimate of drug-likeness (QED) is 0.802. The third-order valence-electron chi connectivity index (χ3n) is 3.94. The average Bonchev–Trinajstić information content (AvgIpc) is 2.87. The van der Waals surface area contributed by atoms with Gasteiger partial charge in [-0.15, -0.1) is 0 Å². The van der Waals surface area contributed by atoms with E-state index in [1.54, 1.807) is 0 Å². The highest BCUT2D eigenvalue weighted by Crippen LogP contribution is 2.27. The summed E-state index contributed by atoms with van der Waals surface area (Å²) >= 11 is 0. The summed E-state index contributed by atoms with van der Waals surface area (Å²) < 4.78 is 1.97. The Morgan fingerprint density at radius 1 is 1.19 bits per heavy atom. The predicted octanol–water partition coefficient (Wildman–Crippen LogP) is 3.23. The number of aliphatic hydroxyl groups excluding tert-OH is 1. The third kappa shape index (κ3) is 2.32. The van der Waals surface area contributed by atoms with Gasteiger partial charge >= 0.3 is 0 Å². The van der Waals surface area contributed by atoms with E-state index in [9.17, 15) is 5.11 Å². The molecule has 0 unspecified atom stereocenters. The Morgan fingerprint density at radius 3 is 2.67 bits per heavy atom. The first-order valence-corrected chi connectivity index (χ1v) is 7.18. The van der Waals surface area contributed by atoms with E-state index in [4.69, 9.17) is 4.98 Å². The Bertz CT molecular complexity index is 805. The van der Waals surface area contributed by atoms with Crippen molar-refractivity contribution in [2.45, 2.75) is 33.9 Å². The minimum Gasteiger partial charge on any atom is -0.392 e. The van der Waals surface area contributed by atoms with E-state index in [-0.39, 0.29) is 6.61 Å². The Balaban J connectivity index is 2.21. The second-order valence-corrected chi connectivity index (χ2v) is 5.29. The number of aromatic nitrogens is 3. The van der Waals surface area contributed by atoms with Crippen LogP contribution in [0.25, 0.3) is 22.2 Å². The van der Waals surface area contributed by atoms with Gasteiger partial charge in [-0.1, -0.05) is 12.1 Å². The molecule has 0 spiro atoms. The van der Waals surface area contributed by atoms with Gasteiger partial charge in [0.2, 0.25) is 0 Å². The van der Waals surface area contributed by atoms with E-state index >= 15 is 0 Å². The van der Waals surface area contributed by atoms with Gasteiger partial charge in [-0.25, -0.2) is 4.98 Å². The normalized spacial score (nSPS) is 11.2. The lowest BCUT2D eigenvalue weighted by molar-refractivity contribution is 0.282. The molecule has 0 aliphatic rings. The molecule has 4 nitrogen and oxygen atoms in total. The molecule has 1 aromatic carbocycles. The van der Waals surface area contributed by atoms with Gasteiger partial charge in [-0.2, -0.15) is 5.10 Å². The number of fused-ring (bicyclic) bond motifs is 1. The van der Waals surface area contributed by atoms with E-state index in [2.05, 4.69) is 31.9 Å². The summed E-state index contributed by atoms with van der Waals surface area (Å²) in [6, 6.07) is 8.02. The van der Waals surface area contributed by atoms with Crippen LogP contribution in [0.4, 0.5) is 0 Å². The van der Waals surface area contributed by atoms with Crippen molar-refractivity contribution < 1.29 is 5.11 Å². The minimum absolute atomic E-state index is 0.0354. The Morgan fingerprint density at radius 2 is 2.00 bits per heavy atom. The van der Waals surface area contributed by atoms with Gasteiger partial charge in [0.1, 0.15) is 0 Å². The summed E-state index contributed by atoms with van der Waals surface area (Å²) in [7, 11) is 0. The molecule has 0 saturated heterocycles. The molecule has 0 radical (unpaired) electrons. The molecule has 0 aliphatic heterocycles. The molecular weight excluding hydrogens is 262 g/mol. The molecule has 21 heavy (non-hydrogen) atoms. The number of rotatable bonds is 3. The highest BCUT2D eigenvalue weighted by molar-refractivity contribution is 5.85. The molecule has 1 N–H and O–H groups in total. The summed E-state index contributed by atoms with van der Waals surface area (Å²) in [6.45, 7) is 7.13. The molecule has 0 amide bonds. The number of hydrogen-bond donors (Lipinski definition) is 1. The molecule has 108 valence electrons. The molecule has 0 saturated carbocycles. The van der Waals surface area contributed by atoms with Crippen LogP contribution in [0, 0.1) is 13.8 Å². The summed E-state index contributed by atoms with van der Waals surface area (Å²) in [5.74, 6) is 0. The lowest BCUT2D eigenvalue weighted by atomic mass is 10.0. The van der Waals surface area contributed by atoms with Crippen LogP contribution in [0.1, 0.15) is 23.7 Å². The standard InChI is InChI=1S/C17H19N3O/c1-4-20-12(3)15(9-18-20)16-7-11(2)14-6-5-13(10-21)8-17(14)19-16/h5-9,21H,4,10H2,1-3H3. The van der Waals surface area contributed by atoms with Crippen molar-refractivity contribution in [3.63, 3.8) is 0 Å². The van der Waals surface area contributed by atoms with E-state index in [1.807, 2.05) is 29.1 Å². The summed E-state index contributed by atoms with van der Waals surface area (Å²) in [5, 5.41) is 14.8. The summed E-state index contributed by atoms with van der Waals surface area (Å²) in [6.07, 6.45) is 1.88. The predicted molar refractivity (Wildman–Crippen MR) is 84.0 cm³/mol. The maximum absolute atomic E-state index is 9.29.